The lowest BCUT2D eigenvalue weighted by Gasteiger charge is -2.09. The number of rotatable bonds is 7. The Morgan fingerprint density at radius 2 is 2.00 bits per heavy atom. The maximum absolute atomic E-state index is 11.5. The monoisotopic (exact) mass is 206 g/mol. The van der Waals surface area contributed by atoms with E-state index in [0.717, 1.165) is 19.3 Å². The van der Waals surface area contributed by atoms with Crippen LogP contribution in [-0.4, -0.2) is 26.3 Å². The van der Waals surface area contributed by atoms with Crippen molar-refractivity contribution in [3.05, 3.63) is 0 Å². The Morgan fingerprint density at radius 3 is 2.38 bits per heavy atom. The first kappa shape index (κ1) is 12.6. The van der Waals surface area contributed by atoms with Gasteiger partial charge in [0.05, 0.1) is 0 Å². The lowest BCUT2D eigenvalue weighted by molar-refractivity contribution is -0.136. The average molecular weight is 206 g/mol. The van der Waals surface area contributed by atoms with Gasteiger partial charge < -0.3 is 5.11 Å². The third-order valence-corrected chi connectivity index (χ3v) is 3.61. The highest BCUT2D eigenvalue weighted by molar-refractivity contribution is 7.86. The fourth-order valence-electron chi connectivity index (χ4n) is 1.06. The largest absolute Gasteiger partial charge is 0.480 e. The van der Waals surface area contributed by atoms with Crippen molar-refractivity contribution >= 4 is 16.8 Å². The van der Waals surface area contributed by atoms with E-state index in [1.807, 2.05) is 13.8 Å². The van der Waals surface area contributed by atoms with Gasteiger partial charge in [-0.25, -0.2) is 0 Å². The molecule has 0 bridgehead atoms. The fraction of sp³-hybridized carbons (Fsp3) is 0.889. The third-order valence-electron chi connectivity index (χ3n) is 1.84. The Bertz CT molecular complexity index is 180. The third kappa shape index (κ3) is 5.03. The summed E-state index contributed by atoms with van der Waals surface area (Å²) >= 11 is 0. The van der Waals surface area contributed by atoms with E-state index in [-0.39, 0.29) is 0 Å². The van der Waals surface area contributed by atoms with Gasteiger partial charge in [-0.3, -0.25) is 9.00 Å². The van der Waals surface area contributed by atoms with E-state index in [1.54, 1.807) is 0 Å². The molecule has 2 unspecified atom stereocenters. The molecule has 0 heterocycles. The van der Waals surface area contributed by atoms with Crippen LogP contribution in [-0.2, 0) is 15.6 Å². The summed E-state index contributed by atoms with van der Waals surface area (Å²) in [6, 6.07) is 0. The number of hydrogen-bond acceptors (Lipinski definition) is 2. The minimum Gasteiger partial charge on any atom is -0.480 e. The molecule has 0 fully saturated rings. The molecule has 0 rings (SSSR count). The number of hydrogen-bond donors (Lipinski definition) is 1. The molecule has 0 aliphatic rings. The van der Waals surface area contributed by atoms with Crippen molar-refractivity contribution in [2.75, 3.05) is 5.75 Å². The van der Waals surface area contributed by atoms with Gasteiger partial charge in [-0.15, -0.1) is 0 Å². The van der Waals surface area contributed by atoms with Gasteiger partial charge >= 0.3 is 5.97 Å². The molecule has 0 amide bonds. The summed E-state index contributed by atoms with van der Waals surface area (Å²) in [7, 11) is -1.19. The van der Waals surface area contributed by atoms with Gasteiger partial charge in [0.25, 0.3) is 0 Å². The molecular weight excluding hydrogens is 188 g/mol. The Labute approximate surface area is 82.0 Å². The zero-order chi connectivity index (χ0) is 10.3. The van der Waals surface area contributed by atoms with E-state index in [2.05, 4.69) is 0 Å². The van der Waals surface area contributed by atoms with Crippen LogP contribution in [0.2, 0.25) is 0 Å². The normalized spacial score (nSPS) is 15.2. The summed E-state index contributed by atoms with van der Waals surface area (Å²) in [6.45, 7) is 3.92. The van der Waals surface area contributed by atoms with E-state index in [0.29, 0.717) is 12.2 Å². The second-order valence-corrected chi connectivity index (χ2v) is 4.79. The highest BCUT2D eigenvalue weighted by Gasteiger charge is 2.22. The molecule has 0 aromatic rings. The van der Waals surface area contributed by atoms with Crippen LogP contribution in [0.4, 0.5) is 0 Å². The number of carbonyl (C=O) groups is 1. The Hall–Kier alpha value is -0.380. The van der Waals surface area contributed by atoms with Crippen LogP contribution in [0.25, 0.3) is 0 Å². The smallest absolute Gasteiger partial charge is 0.319 e. The van der Waals surface area contributed by atoms with Crippen molar-refractivity contribution in [2.24, 2.45) is 0 Å². The molecule has 0 aromatic heterocycles. The van der Waals surface area contributed by atoms with Crippen LogP contribution in [0.1, 0.15) is 39.5 Å². The first-order valence-electron chi connectivity index (χ1n) is 4.73. The van der Waals surface area contributed by atoms with Crippen LogP contribution in [0, 0.1) is 0 Å². The van der Waals surface area contributed by atoms with Crippen molar-refractivity contribution in [1.82, 2.24) is 0 Å². The molecule has 13 heavy (non-hydrogen) atoms. The van der Waals surface area contributed by atoms with Gasteiger partial charge in [-0.1, -0.05) is 26.7 Å². The molecule has 4 heteroatoms. The lowest BCUT2D eigenvalue weighted by Crippen LogP contribution is -2.27. The van der Waals surface area contributed by atoms with Crippen LogP contribution >= 0.6 is 0 Å². The summed E-state index contributed by atoms with van der Waals surface area (Å²) in [5, 5.41) is 8.13. The molecule has 0 radical (unpaired) electrons. The maximum Gasteiger partial charge on any atom is 0.319 e. The molecule has 0 aromatic carbocycles. The highest BCUT2D eigenvalue weighted by atomic mass is 32.2. The Morgan fingerprint density at radius 1 is 1.38 bits per heavy atom. The molecular formula is C9H18O3S. The predicted molar refractivity (Wildman–Crippen MR) is 54.2 cm³/mol. The maximum atomic E-state index is 11.5. The number of carboxylic acid groups (broad SMARTS) is 1. The topological polar surface area (TPSA) is 54.4 Å². The standard InChI is InChI=1S/C9H18O3S/c1-3-5-7-13(12)8(6-4-2)9(10)11/h8H,3-7H2,1-2H3,(H,10,11). The Kier molecular flexibility index (Phi) is 6.86. The van der Waals surface area contributed by atoms with Crippen LogP contribution in [0.15, 0.2) is 0 Å². The molecule has 78 valence electrons. The number of unbranched alkanes of at least 4 members (excludes halogenated alkanes) is 1. The van der Waals surface area contributed by atoms with E-state index in [4.69, 9.17) is 5.11 Å². The molecule has 0 aliphatic carbocycles. The Balaban J connectivity index is 4.03. The first-order chi connectivity index (χ1) is 6.13. The zero-order valence-corrected chi connectivity index (χ0v) is 9.10. The van der Waals surface area contributed by atoms with Crippen molar-refractivity contribution in [3.63, 3.8) is 0 Å². The fourth-order valence-corrected chi connectivity index (χ4v) is 2.64. The van der Waals surface area contributed by atoms with E-state index < -0.39 is 22.0 Å². The average Bonchev–Trinajstić information content (AvgIpc) is 2.09. The first-order valence-corrected chi connectivity index (χ1v) is 6.11. The van der Waals surface area contributed by atoms with Crippen molar-refractivity contribution in [1.29, 1.82) is 0 Å². The van der Waals surface area contributed by atoms with Crippen LogP contribution in [0.5, 0.6) is 0 Å². The molecule has 1 N–H and O–H groups in total. The van der Waals surface area contributed by atoms with E-state index in [1.165, 1.54) is 0 Å². The lowest BCUT2D eigenvalue weighted by atomic mass is 10.2. The predicted octanol–water partition coefficient (Wildman–Crippen LogP) is 1.79. The summed E-state index contributed by atoms with van der Waals surface area (Å²) in [6.07, 6.45) is 3.10. The molecule has 0 saturated heterocycles. The summed E-state index contributed by atoms with van der Waals surface area (Å²) < 4.78 is 11.5. The van der Waals surface area contributed by atoms with Crippen LogP contribution in [0.3, 0.4) is 0 Å². The van der Waals surface area contributed by atoms with Crippen LogP contribution < -0.4 is 0 Å². The minimum atomic E-state index is -1.19. The zero-order valence-electron chi connectivity index (χ0n) is 8.28. The summed E-state index contributed by atoms with van der Waals surface area (Å²) in [5.41, 5.74) is 0. The van der Waals surface area contributed by atoms with Gasteiger partial charge in [0.2, 0.25) is 0 Å². The van der Waals surface area contributed by atoms with Crippen molar-refractivity contribution in [2.45, 2.75) is 44.8 Å². The van der Waals surface area contributed by atoms with E-state index >= 15 is 0 Å². The summed E-state index contributed by atoms with van der Waals surface area (Å²) in [5.74, 6) is -0.399. The van der Waals surface area contributed by atoms with Crippen molar-refractivity contribution < 1.29 is 14.1 Å². The molecule has 2 atom stereocenters. The van der Waals surface area contributed by atoms with Gasteiger partial charge in [-0.05, 0) is 12.8 Å². The van der Waals surface area contributed by atoms with Gasteiger partial charge in [0, 0.05) is 16.6 Å². The van der Waals surface area contributed by atoms with Gasteiger partial charge in [-0.2, -0.15) is 0 Å². The highest BCUT2D eigenvalue weighted by Crippen LogP contribution is 2.07. The second kappa shape index (κ2) is 7.06. The molecule has 0 spiro atoms. The van der Waals surface area contributed by atoms with Crippen molar-refractivity contribution in [3.8, 4) is 0 Å². The second-order valence-electron chi connectivity index (χ2n) is 3.05. The van der Waals surface area contributed by atoms with Gasteiger partial charge in [0.15, 0.2) is 0 Å². The number of aliphatic carboxylic acids is 1. The molecule has 0 aliphatic heterocycles. The SMILES string of the molecule is CCCCS(=O)C(CCC)C(=O)O. The minimum absolute atomic E-state index is 0.520. The quantitative estimate of drug-likeness (QED) is 0.691. The molecule has 0 saturated carbocycles. The number of carboxylic acids is 1. The van der Waals surface area contributed by atoms with E-state index in [9.17, 15) is 9.00 Å². The van der Waals surface area contributed by atoms with Gasteiger partial charge in [0.1, 0.15) is 5.25 Å². The summed E-state index contributed by atoms with van der Waals surface area (Å²) in [4.78, 5) is 10.7. The molecule has 3 nitrogen and oxygen atoms in total.